The van der Waals surface area contributed by atoms with E-state index in [4.69, 9.17) is 9.47 Å². The Labute approximate surface area is 224 Å². The van der Waals surface area contributed by atoms with Gasteiger partial charge in [-0.3, -0.25) is 9.69 Å². The van der Waals surface area contributed by atoms with Crippen molar-refractivity contribution in [1.29, 1.82) is 0 Å². The van der Waals surface area contributed by atoms with Gasteiger partial charge in [-0.2, -0.15) is 0 Å². The van der Waals surface area contributed by atoms with Gasteiger partial charge in [-0.15, -0.1) is 0 Å². The maximum atomic E-state index is 13.4. The molecule has 2 unspecified atom stereocenters. The quantitative estimate of drug-likeness (QED) is 0.389. The smallest absolute Gasteiger partial charge is 0.410 e. The maximum absolute atomic E-state index is 13.4. The van der Waals surface area contributed by atoms with Gasteiger partial charge in [-0.1, -0.05) is 86.6 Å². The first-order valence-corrected chi connectivity index (χ1v) is 13.8. The standard InChI is InChI=1S/C33H35NO4/c1-21(2)23-13-11-22(12-14-23)15-32(35)24-16-25-18-37-19-26(17-24)34(25)33(36)38-20-31-29-9-5-3-7-27(29)28-8-4-6-10-30(28)31/h3-14,21,24-26,31H,15-20H2,1-2H3. The number of nitrogens with zero attached hydrogens (tertiary/aromatic N) is 1. The molecule has 3 aromatic carbocycles. The topological polar surface area (TPSA) is 55.8 Å². The second-order valence-electron chi connectivity index (χ2n) is 11.3. The molecule has 5 nitrogen and oxygen atoms in total. The highest BCUT2D eigenvalue weighted by Crippen LogP contribution is 2.44. The van der Waals surface area contributed by atoms with Gasteiger partial charge in [0, 0.05) is 18.3 Å². The minimum Gasteiger partial charge on any atom is -0.448 e. The third-order valence-electron chi connectivity index (χ3n) is 8.55. The van der Waals surface area contributed by atoms with E-state index in [1.165, 1.54) is 27.8 Å². The molecule has 1 amide bonds. The van der Waals surface area contributed by atoms with Gasteiger partial charge >= 0.3 is 6.09 Å². The van der Waals surface area contributed by atoms with E-state index in [9.17, 15) is 9.59 Å². The van der Waals surface area contributed by atoms with Crippen LogP contribution in [-0.4, -0.2) is 48.7 Å². The van der Waals surface area contributed by atoms with E-state index >= 15 is 0 Å². The molecule has 2 atom stereocenters. The lowest BCUT2D eigenvalue weighted by Crippen LogP contribution is -2.60. The van der Waals surface area contributed by atoms with E-state index in [0.717, 1.165) is 5.56 Å². The lowest BCUT2D eigenvalue weighted by Gasteiger charge is -2.47. The number of fused-ring (bicyclic) bond motifs is 5. The van der Waals surface area contributed by atoms with Crippen LogP contribution in [0.2, 0.25) is 0 Å². The number of ether oxygens (including phenoxy) is 2. The number of carbonyl (C=O) groups is 2. The first-order valence-electron chi connectivity index (χ1n) is 13.8. The summed E-state index contributed by atoms with van der Waals surface area (Å²) in [4.78, 5) is 28.5. The predicted octanol–water partition coefficient (Wildman–Crippen LogP) is 6.35. The zero-order chi connectivity index (χ0) is 26.2. The number of ketones is 1. The van der Waals surface area contributed by atoms with Gasteiger partial charge in [0.1, 0.15) is 12.4 Å². The Morgan fingerprint density at radius 2 is 1.45 bits per heavy atom. The molecule has 6 rings (SSSR count). The van der Waals surface area contributed by atoms with Crippen LogP contribution in [0.25, 0.3) is 11.1 Å². The SMILES string of the molecule is CC(C)c1ccc(CC(=O)C2CC3COCC(C2)N3C(=O)OCC2c3ccccc3-c3ccccc32)cc1. The zero-order valence-corrected chi connectivity index (χ0v) is 22.1. The molecule has 0 N–H and O–H groups in total. The highest BCUT2D eigenvalue weighted by molar-refractivity contribution is 5.84. The number of benzene rings is 3. The molecule has 1 aliphatic carbocycles. The van der Waals surface area contributed by atoms with Crippen LogP contribution in [0.5, 0.6) is 0 Å². The van der Waals surface area contributed by atoms with Gasteiger partial charge in [0.15, 0.2) is 0 Å². The second-order valence-corrected chi connectivity index (χ2v) is 11.3. The number of Topliss-reactive ketones (excluding diaryl/α,β-unsaturated/α-hetero) is 1. The molecule has 3 aromatic rings. The van der Waals surface area contributed by atoms with E-state index in [0.29, 0.717) is 45.0 Å². The molecule has 0 saturated carbocycles. The summed E-state index contributed by atoms with van der Waals surface area (Å²) in [6.07, 6.45) is 1.40. The van der Waals surface area contributed by atoms with Crippen molar-refractivity contribution >= 4 is 11.9 Å². The van der Waals surface area contributed by atoms with Crippen molar-refractivity contribution in [2.75, 3.05) is 19.8 Å². The number of carbonyl (C=O) groups excluding carboxylic acids is 2. The van der Waals surface area contributed by atoms with E-state index in [1.807, 2.05) is 17.0 Å². The summed E-state index contributed by atoms with van der Waals surface area (Å²) in [5, 5.41) is 0. The van der Waals surface area contributed by atoms with Crippen LogP contribution in [0, 0.1) is 5.92 Å². The molecular weight excluding hydrogens is 474 g/mol. The van der Waals surface area contributed by atoms with Crippen LogP contribution in [0.3, 0.4) is 0 Å². The molecule has 38 heavy (non-hydrogen) atoms. The predicted molar refractivity (Wildman–Crippen MR) is 147 cm³/mol. The zero-order valence-electron chi connectivity index (χ0n) is 22.1. The Hall–Kier alpha value is -3.44. The van der Waals surface area contributed by atoms with Crippen LogP contribution >= 0.6 is 0 Å². The van der Waals surface area contributed by atoms with Crippen LogP contribution < -0.4 is 0 Å². The molecule has 0 spiro atoms. The van der Waals surface area contributed by atoms with Crippen LogP contribution in [0.1, 0.15) is 60.8 Å². The number of amides is 1. The second kappa shape index (κ2) is 10.4. The van der Waals surface area contributed by atoms with Crippen LogP contribution in [0.4, 0.5) is 4.79 Å². The van der Waals surface area contributed by atoms with Crippen LogP contribution in [0.15, 0.2) is 72.8 Å². The van der Waals surface area contributed by atoms with Crippen molar-refractivity contribution in [3.8, 4) is 11.1 Å². The number of hydrogen-bond donors (Lipinski definition) is 0. The molecular formula is C33H35NO4. The average molecular weight is 510 g/mol. The molecule has 2 bridgehead atoms. The van der Waals surface area contributed by atoms with Gasteiger partial charge in [0.25, 0.3) is 0 Å². The van der Waals surface area contributed by atoms with Crippen molar-refractivity contribution in [1.82, 2.24) is 4.90 Å². The minimum atomic E-state index is -0.291. The molecule has 2 aliphatic heterocycles. The van der Waals surface area contributed by atoms with Crippen LogP contribution in [-0.2, 0) is 20.7 Å². The van der Waals surface area contributed by atoms with Gasteiger partial charge in [-0.05, 0) is 52.1 Å². The molecule has 196 valence electrons. The third-order valence-corrected chi connectivity index (χ3v) is 8.55. The molecule has 0 radical (unpaired) electrons. The molecule has 2 fully saturated rings. The van der Waals surface area contributed by atoms with Gasteiger partial charge in [0.2, 0.25) is 0 Å². The molecule has 0 aromatic heterocycles. The van der Waals surface area contributed by atoms with Gasteiger partial charge in [0.05, 0.1) is 25.3 Å². The fraction of sp³-hybridized carbons (Fsp3) is 0.394. The fourth-order valence-corrected chi connectivity index (χ4v) is 6.51. The third kappa shape index (κ3) is 4.64. The summed E-state index contributed by atoms with van der Waals surface area (Å²) in [5.41, 5.74) is 7.18. The molecule has 2 heterocycles. The van der Waals surface area contributed by atoms with Crippen molar-refractivity contribution in [2.24, 2.45) is 5.92 Å². The average Bonchev–Trinajstić information content (AvgIpc) is 3.25. The Bertz CT molecular complexity index is 1270. The Morgan fingerprint density at radius 1 is 0.868 bits per heavy atom. The Kier molecular flexibility index (Phi) is 6.79. The Balaban J connectivity index is 1.11. The lowest BCUT2D eigenvalue weighted by atomic mass is 9.81. The number of hydrogen-bond acceptors (Lipinski definition) is 4. The monoisotopic (exact) mass is 509 g/mol. The summed E-state index contributed by atoms with van der Waals surface area (Å²) in [6.45, 7) is 5.55. The number of morpholine rings is 1. The maximum Gasteiger partial charge on any atom is 0.410 e. The van der Waals surface area contributed by atoms with Crippen molar-refractivity contribution in [3.05, 3.63) is 95.1 Å². The highest BCUT2D eigenvalue weighted by atomic mass is 16.6. The number of rotatable bonds is 6. The summed E-state index contributed by atoms with van der Waals surface area (Å²) >= 11 is 0. The normalized spacial score (nSPS) is 22.2. The fourth-order valence-electron chi connectivity index (χ4n) is 6.51. The molecule has 3 aliphatic rings. The van der Waals surface area contributed by atoms with Gasteiger partial charge < -0.3 is 9.47 Å². The number of piperidine rings is 1. The van der Waals surface area contributed by atoms with E-state index < -0.39 is 0 Å². The van der Waals surface area contributed by atoms with E-state index in [2.05, 4.69) is 74.5 Å². The summed E-state index contributed by atoms with van der Waals surface area (Å²) in [5.74, 6) is 0.702. The molecule has 5 heteroatoms. The minimum absolute atomic E-state index is 0.0311. The largest absolute Gasteiger partial charge is 0.448 e. The summed E-state index contributed by atoms with van der Waals surface area (Å²) in [6, 6.07) is 24.9. The highest BCUT2D eigenvalue weighted by Gasteiger charge is 2.44. The van der Waals surface area contributed by atoms with Crippen molar-refractivity contribution in [3.63, 3.8) is 0 Å². The van der Waals surface area contributed by atoms with E-state index in [-0.39, 0.29) is 35.8 Å². The van der Waals surface area contributed by atoms with E-state index in [1.54, 1.807) is 0 Å². The van der Waals surface area contributed by atoms with Gasteiger partial charge in [-0.25, -0.2) is 4.79 Å². The molecule has 2 saturated heterocycles. The first-order chi connectivity index (χ1) is 18.5. The Morgan fingerprint density at radius 3 is 2.03 bits per heavy atom. The summed E-state index contributed by atoms with van der Waals surface area (Å²) in [7, 11) is 0. The lowest BCUT2D eigenvalue weighted by molar-refractivity contribution is -0.130. The summed E-state index contributed by atoms with van der Waals surface area (Å²) < 4.78 is 11.8. The first kappa shape index (κ1) is 24.9. The van der Waals surface area contributed by atoms with Crippen molar-refractivity contribution < 1.29 is 19.1 Å². The van der Waals surface area contributed by atoms with Crippen molar-refractivity contribution in [2.45, 2.75) is 57.0 Å².